The van der Waals surface area contributed by atoms with E-state index in [-0.39, 0.29) is 6.54 Å². The first-order chi connectivity index (χ1) is 7.00. The van der Waals surface area contributed by atoms with Gasteiger partial charge in [0.1, 0.15) is 5.92 Å². The summed E-state index contributed by atoms with van der Waals surface area (Å²) < 4.78 is 1.61. The Labute approximate surface area is 86.9 Å². The topological polar surface area (TPSA) is 84.2 Å². The molecule has 6 heteroatoms. The van der Waals surface area contributed by atoms with Gasteiger partial charge < -0.3 is 10.4 Å². The van der Waals surface area contributed by atoms with Gasteiger partial charge in [-0.1, -0.05) is 0 Å². The molecule has 0 saturated heterocycles. The minimum Gasteiger partial charge on any atom is -0.481 e. The lowest BCUT2D eigenvalue weighted by Gasteiger charge is -2.06. The number of rotatable bonds is 4. The molecular formula is C9H13N3O3. The van der Waals surface area contributed by atoms with Crippen LogP contribution >= 0.6 is 0 Å². The van der Waals surface area contributed by atoms with E-state index in [0.717, 1.165) is 0 Å². The van der Waals surface area contributed by atoms with Crippen LogP contribution in [-0.4, -0.2) is 26.8 Å². The van der Waals surface area contributed by atoms with Crippen LogP contribution < -0.4 is 5.32 Å². The number of amides is 1. The van der Waals surface area contributed by atoms with Gasteiger partial charge in [-0.2, -0.15) is 5.10 Å². The maximum atomic E-state index is 11.2. The lowest BCUT2D eigenvalue weighted by molar-refractivity contribution is -0.146. The molecule has 0 aliphatic carbocycles. The lowest BCUT2D eigenvalue weighted by Crippen LogP contribution is -2.33. The van der Waals surface area contributed by atoms with Gasteiger partial charge in [-0.25, -0.2) is 0 Å². The Hall–Kier alpha value is -1.85. The van der Waals surface area contributed by atoms with Crippen LogP contribution in [0.5, 0.6) is 0 Å². The van der Waals surface area contributed by atoms with Gasteiger partial charge >= 0.3 is 5.97 Å². The highest BCUT2D eigenvalue weighted by molar-refractivity contribution is 5.96. The number of nitrogens with one attached hydrogen (secondary N) is 1. The van der Waals surface area contributed by atoms with Gasteiger partial charge in [0.15, 0.2) is 0 Å². The van der Waals surface area contributed by atoms with Crippen LogP contribution in [0, 0.1) is 5.92 Å². The van der Waals surface area contributed by atoms with Crippen LogP contribution in [0.4, 0.5) is 0 Å². The summed E-state index contributed by atoms with van der Waals surface area (Å²) in [4.78, 5) is 21.7. The van der Waals surface area contributed by atoms with E-state index in [1.165, 1.54) is 6.92 Å². The van der Waals surface area contributed by atoms with Gasteiger partial charge in [-0.05, 0) is 13.0 Å². The fourth-order valence-electron chi connectivity index (χ4n) is 1.00. The van der Waals surface area contributed by atoms with Crippen molar-refractivity contribution in [3.05, 3.63) is 18.0 Å². The highest BCUT2D eigenvalue weighted by Crippen LogP contribution is 1.97. The van der Waals surface area contributed by atoms with E-state index in [4.69, 9.17) is 5.11 Å². The summed E-state index contributed by atoms with van der Waals surface area (Å²) in [5.74, 6) is -2.67. The maximum absolute atomic E-state index is 11.2. The van der Waals surface area contributed by atoms with Crippen LogP contribution in [0.3, 0.4) is 0 Å². The highest BCUT2D eigenvalue weighted by atomic mass is 16.4. The molecule has 0 aliphatic heterocycles. The van der Waals surface area contributed by atoms with Crippen molar-refractivity contribution in [1.82, 2.24) is 15.1 Å². The Bertz CT molecular complexity index is 372. The molecule has 1 aromatic heterocycles. The van der Waals surface area contributed by atoms with Crippen molar-refractivity contribution < 1.29 is 14.7 Å². The first-order valence-corrected chi connectivity index (χ1v) is 4.49. The molecule has 0 fully saturated rings. The smallest absolute Gasteiger partial charge is 0.315 e. The predicted molar refractivity (Wildman–Crippen MR) is 51.9 cm³/mol. The summed E-state index contributed by atoms with van der Waals surface area (Å²) >= 11 is 0. The van der Waals surface area contributed by atoms with Crippen LogP contribution in [0.2, 0.25) is 0 Å². The summed E-state index contributed by atoms with van der Waals surface area (Å²) in [5.41, 5.74) is 0.698. The van der Waals surface area contributed by atoms with E-state index in [1.54, 1.807) is 24.0 Å². The molecule has 6 nitrogen and oxygen atoms in total. The van der Waals surface area contributed by atoms with Crippen molar-refractivity contribution in [2.45, 2.75) is 13.5 Å². The second kappa shape index (κ2) is 4.59. The minimum absolute atomic E-state index is 0.247. The molecule has 1 unspecified atom stereocenters. The van der Waals surface area contributed by atoms with Crippen molar-refractivity contribution in [2.24, 2.45) is 13.0 Å². The van der Waals surface area contributed by atoms with Crippen molar-refractivity contribution in [3.63, 3.8) is 0 Å². The Kier molecular flexibility index (Phi) is 3.43. The number of hydrogen-bond acceptors (Lipinski definition) is 3. The standard InChI is InChI=1S/C9H13N3O3/c1-6(9(14)15)8(13)10-5-7-3-4-12(2)11-7/h3-4,6H,5H2,1-2H3,(H,10,13)(H,14,15). The number of carboxylic acid groups (broad SMARTS) is 1. The molecule has 1 aromatic rings. The van der Waals surface area contributed by atoms with Crippen LogP contribution in [0.15, 0.2) is 12.3 Å². The fraction of sp³-hybridized carbons (Fsp3) is 0.444. The Morgan fingerprint density at radius 3 is 2.80 bits per heavy atom. The summed E-state index contributed by atoms with van der Waals surface area (Å²) in [6.07, 6.45) is 1.75. The molecule has 15 heavy (non-hydrogen) atoms. The third-order valence-electron chi connectivity index (χ3n) is 1.98. The molecular weight excluding hydrogens is 198 g/mol. The van der Waals surface area contributed by atoms with Crippen molar-refractivity contribution in [1.29, 1.82) is 0 Å². The molecule has 0 saturated carbocycles. The van der Waals surface area contributed by atoms with Gasteiger partial charge in [0, 0.05) is 13.2 Å². The molecule has 1 amide bonds. The van der Waals surface area contributed by atoms with Gasteiger partial charge in [0.25, 0.3) is 0 Å². The van der Waals surface area contributed by atoms with E-state index in [9.17, 15) is 9.59 Å². The summed E-state index contributed by atoms with van der Waals surface area (Å²) in [7, 11) is 1.77. The van der Waals surface area contributed by atoms with Crippen LogP contribution in [0.25, 0.3) is 0 Å². The van der Waals surface area contributed by atoms with E-state index in [2.05, 4.69) is 10.4 Å². The molecule has 0 aliphatic rings. The minimum atomic E-state index is -1.13. The zero-order valence-electron chi connectivity index (χ0n) is 8.60. The highest BCUT2D eigenvalue weighted by Gasteiger charge is 2.19. The first-order valence-electron chi connectivity index (χ1n) is 4.49. The summed E-state index contributed by atoms with van der Waals surface area (Å²) in [5, 5.41) is 15.1. The van der Waals surface area contributed by atoms with Gasteiger partial charge in [-0.15, -0.1) is 0 Å². The van der Waals surface area contributed by atoms with Crippen LogP contribution in [-0.2, 0) is 23.2 Å². The third kappa shape index (κ3) is 3.08. The molecule has 0 radical (unpaired) electrons. The molecule has 1 atom stereocenters. The normalized spacial score (nSPS) is 12.1. The predicted octanol–water partition coefficient (Wildman–Crippen LogP) is -0.243. The zero-order valence-corrected chi connectivity index (χ0v) is 8.60. The number of aromatic nitrogens is 2. The number of aryl methyl sites for hydroxylation is 1. The number of carbonyl (C=O) groups excluding carboxylic acids is 1. The van der Waals surface area contributed by atoms with Gasteiger partial charge in [0.05, 0.1) is 12.2 Å². The number of carbonyl (C=O) groups is 2. The van der Waals surface area contributed by atoms with Crippen molar-refractivity contribution in [2.75, 3.05) is 0 Å². The fourth-order valence-corrected chi connectivity index (χ4v) is 1.00. The van der Waals surface area contributed by atoms with Crippen molar-refractivity contribution in [3.8, 4) is 0 Å². The second-order valence-electron chi connectivity index (χ2n) is 3.26. The number of nitrogens with zero attached hydrogens (tertiary/aromatic N) is 2. The zero-order chi connectivity index (χ0) is 11.4. The molecule has 2 N–H and O–H groups in total. The quantitative estimate of drug-likeness (QED) is 0.673. The second-order valence-corrected chi connectivity index (χ2v) is 3.26. The molecule has 1 rings (SSSR count). The Balaban J connectivity index is 2.44. The number of hydrogen-bond donors (Lipinski definition) is 2. The average Bonchev–Trinajstić information content (AvgIpc) is 2.59. The summed E-state index contributed by atoms with van der Waals surface area (Å²) in [6.45, 7) is 1.59. The number of carboxylic acids is 1. The molecule has 82 valence electrons. The maximum Gasteiger partial charge on any atom is 0.315 e. The average molecular weight is 211 g/mol. The number of aliphatic carboxylic acids is 1. The largest absolute Gasteiger partial charge is 0.481 e. The van der Waals surface area contributed by atoms with Crippen molar-refractivity contribution >= 4 is 11.9 Å². The molecule has 0 spiro atoms. The molecule has 0 bridgehead atoms. The third-order valence-corrected chi connectivity index (χ3v) is 1.98. The van der Waals surface area contributed by atoms with E-state index >= 15 is 0 Å². The van der Waals surface area contributed by atoms with E-state index in [1.807, 2.05) is 0 Å². The monoisotopic (exact) mass is 211 g/mol. The van der Waals surface area contributed by atoms with Gasteiger partial charge in [-0.3, -0.25) is 14.3 Å². The Morgan fingerprint density at radius 2 is 2.33 bits per heavy atom. The molecule has 0 aromatic carbocycles. The molecule has 1 heterocycles. The van der Waals surface area contributed by atoms with Crippen LogP contribution in [0.1, 0.15) is 12.6 Å². The SMILES string of the molecule is CC(C(=O)O)C(=O)NCc1ccn(C)n1. The first kappa shape index (κ1) is 11.2. The lowest BCUT2D eigenvalue weighted by atomic mass is 10.2. The Morgan fingerprint density at radius 1 is 1.67 bits per heavy atom. The van der Waals surface area contributed by atoms with E-state index in [0.29, 0.717) is 5.69 Å². The van der Waals surface area contributed by atoms with E-state index < -0.39 is 17.8 Å². The van der Waals surface area contributed by atoms with Gasteiger partial charge in [0.2, 0.25) is 5.91 Å². The summed E-state index contributed by atoms with van der Waals surface area (Å²) in [6, 6.07) is 1.76.